The molecule has 1 fully saturated rings. The fourth-order valence-corrected chi connectivity index (χ4v) is 4.00. The Hall–Kier alpha value is -2.94. The number of halogens is 1. The zero-order valence-electron chi connectivity index (χ0n) is 15.0. The molecule has 1 aliphatic rings. The first-order valence-corrected chi connectivity index (χ1v) is 10.3. The number of amides is 2. The van der Waals surface area contributed by atoms with Crippen molar-refractivity contribution in [3.8, 4) is 0 Å². The van der Waals surface area contributed by atoms with Gasteiger partial charge in [-0.15, -0.1) is 0 Å². The molecule has 3 rings (SSSR count). The molecule has 0 unspecified atom stereocenters. The quantitative estimate of drug-likeness (QED) is 0.768. The molecule has 2 aromatic rings. The van der Waals surface area contributed by atoms with Crippen molar-refractivity contribution in [1.82, 2.24) is 10.2 Å². The van der Waals surface area contributed by atoms with E-state index < -0.39 is 21.7 Å². The Kier molecular flexibility index (Phi) is 5.93. The number of likely N-dealkylation sites (tertiary alicyclic amines) is 1. The molecule has 0 bridgehead atoms. The Morgan fingerprint density at radius 3 is 2.32 bits per heavy atom. The van der Waals surface area contributed by atoms with E-state index in [2.05, 4.69) is 10.0 Å². The average molecular weight is 405 g/mol. The molecular weight excluding hydrogens is 385 g/mol. The first kappa shape index (κ1) is 19.8. The molecule has 0 radical (unpaired) electrons. The van der Waals surface area contributed by atoms with E-state index in [1.807, 2.05) is 0 Å². The highest BCUT2D eigenvalue weighted by molar-refractivity contribution is 7.92. The Bertz CT molecular complexity index is 971. The zero-order valence-corrected chi connectivity index (χ0v) is 15.8. The van der Waals surface area contributed by atoms with Crippen molar-refractivity contribution in [2.24, 2.45) is 0 Å². The van der Waals surface area contributed by atoms with Gasteiger partial charge in [-0.25, -0.2) is 12.8 Å². The number of rotatable bonds is 6. The number of hydrogen-bond donors (Lipinski definition) is 2. The second-order valence-corrected chi connectivity index (χ2v) is 8.06. The molecule has 0 spiro atoms. The van der Waals surface area contributed by atoms with Crippen LogP contribution in [-0.4, -0.2) is 44.8 Å². The number of sulfonamides is 1. The summed E-state index contributed by atoms with van der Waals surface area (Å²) in [4.78, 5) is 26.1. The van der Waals surface area contributed by atoms with Crippen LogP contribution in [0.15, 0.2) is 53.4 Å². The summed E-state index contributed by atoms with van der Waals surface area (Å²) in [6.07, 6.45) is 1.90. The van der Waals surface area contributed by atoms with Crippen LogP contribution >= 0.6 is 0 Å². The van der Waals surface area contributed by atoms with E-state index >= 15 is 0 Å². The second kappa shape index (κ2) is 8.39. The molecule has 0 aromatic heterocycles. The maximum atomic E-state index is 13.0. The summed E-state index contributed by atoms with van der Waals surface area (Å²) in [5.74, 6) is -1.29. The van der Waals surface area contributed by atoms with Crippen molar-refractivity contribution in [3.05, 3.63) is 59.9 Å². The van der Waals surface area contributed by atoms with Crippen LogP contribution in [-0.2, 0) is 14.8 Å². The third kappa shape index (κ3) is 4.66. The molecule has 2 aromatic carbocycles. The highest BCUT2D eigenvalue weighted by Gasteiger charge is 2.21. The van der Waals surface area contributed by atoms with Gasteiger partial charge in [0.25, 0.3) is 15.9 Å². The van der Waals surface area contributed by atoms with Crippen molar-refractivity contribution >= 4 is 27.5 Å². The molecule has 1 saturated heterocycles. The maximum absolute atomic E-state index is 13.0. The number of nitrogens with one attached hydrogen (secondary N) is 2. The van der Waals surface area contributed by atoms with Gasteiger partial charge in [0.15, 0.2) is 0 Å². The van der Waals surface area contributed by atoms with E-state index in [-0.39, 0.29) is 28.6 Å². The van der Waals surface area contributed by atoms with E-state index in [1.165, 1.54) is 12.1 Å². The van der Waals surface area contributed by atoms with Gasteiger partial charge in [0.1, 0.15) is 5.82 Å². The fraction of sp³-hybridized carbons (Fsp3) is 0.263. The molecule has 2 N–H and O–H groups in total. The molecule has 0 atom stereocenters. The lowest BCUT2D eigenvalue weighted by Gasteiger charge is -2.16. The molecule has 0 saturated carbocycles. The minimum atomic E-state index is -4.00. The van der Waals surface area contributed by atoms with Crippen LogP contribution in [0.3, 0.4) is 0 Å². The van der Waals surface area contributed by atoms with Crippen LogP contribution < -0.4 is 10.0 Å². The number of anilines is 1. The van der Waals surface area contributed by atoms with E-state index in [1.54, 1.807) is 17.0 Å². The predicted molar refractivity (Wildman–Crippen MR) is 102 cm³/mol. The normalized spacial score (nSPS) is 14.0. The third-order valence-corrected chi connectivity index (χ3v) is 5.78. The molecule has 148 valence electrons. The van der Waals surface area contributed by atoms with Crippen LogP contribution in [0.25, 0.3) is 0 Å². The Labute approximate surface area is 162 Å². The van der Waals surface area contributed by atoms with E-state index in [9.17, 15) is 22.4 Å². The molecular formula is C19H20FN3O4S. The lowest BCUT2D eigenvalue weighted by Crippen LogP contribution is -2.38. The molecule has 1 heterocycles. The van der Waals surface area contributed by atoms with Gasteiger partial charge in [0.05, 0.1) is 22.7 Å². The van der Waals surface area contributed by atoms with E-state index in [4.69, 9.17) is 0 Å². The average Bonchev–Trinajstić information content (AvgIpc) is 3.21. The van der Waals surface area contributed by atoms with Gasteiger partial charge >= 0.3 is 0 Å². The molecule has 7 nitrogen and oxygen atoms in total. The minimum absolute atomic E-state index is 0.0675. The number of carbonyl (C=O) groups is 2. The predicted octanol–water partition coefficient (Wildman–Crippen LogP) is 1.98. The summed E-state index contributed by atoms with van der Waals surface area (Å²) >= 11 is 0. The first-order valence-electron chi connectivity index (χ1n) is 8.80. The number of benzene rings is 2. The van der Waals surface area contributed by atoms with Crippen molar-refractivity contribution in [2.45, 2.75) is 17.7 Å². The molecule has 0 aliphatic carbocycles. The van der Waals surface area contributed by atoms with Gasteiger partial charge in [-0.2, -0.15) is 0 Å². The second-order valence-electron chi connectivity index (χ2n) is 6.38. The molecule has 28 heavy (non-hydrogen) atoms. The molecule has 1 aliphatic heterocycles. The summed E-state index contributed by atoms with van der Waals surface area (Å²) in [5.41, 5.74) is 0.153. The van der Waals surface area contributed by atoms with Crippen molar-refractivity contribution in [3.63, 3.8) is 0 Å². The van der Waals surface area contributed by atoms with Crippen LogP contribution in [0, 0.1) is 5.82 Å². The van der Waals surface area contributed by atoms with Gasteiger partial charge in [-0.05, 0) is 49.2 Å². The van der Waals surface area contributed by atoms with E-state index in [0.717, 1.165) is 37.1 Å². The van der Waals surface area contributed by atoms with Crippen LogP contribution in [0.1, 0.15) is 23.2 Å². The monoisotopic (exact) mass is 405 g/mol. The topological polar surface area (TPSA) is 95.6 Å². The van der Waals surface area contributed by atoms with E-state index in [0.29, 0.717) is 13.1 Å². The number of carbonyl (C=O) groups excluding carboxylic acids is 2. The van der Waals surface area contributed by atoms with Gasteiger partial charge in [0, 0.05) is 13.1 Å². The molecule has 9 heteroatoms. The Balaban J connectivity index is 1.72. The molecule has 2 amide bonds. The fourth-order valence-electron chi connectivity index (χ4n) is 2.92. The smallest absolute Gasteiger partial charge is 0.261 e. The van der Waals surface area contributed by atoms with Gasteiger partial charge in [-0.1, -0.05) is 12.1 Å². The van der Waals surface area contributed by atoms with Crippen molar-refractivity contribution in [2.75, 3.05) is 24.4 Å². The summed E-state index contributed by atoms with van der Waals surface area (Å²) < 4.78 is 40.4. The lowest BCUT2D eigenvalue weighted by atomic mass is 10.1. The summed E-state index contributed by atoms with van der Waals surface area (Å²) in [6.45, 7) is 1.21. The van der Waals surface area contributed by atoms with Crippen LogP contribution in [0.2, 0.25) is 0 Å². The SMILES string of the molecule is O=C(NCC(=O)N1CCCC1)c1ccccc1NS(=O)(=O)c1ccc(F)cc1. The Morgan fingerprint density at radius 2 is 1.64 bits per heavy atom. The standard InChI is InChI=1S/C19H20FN3O4S/c20-14-7-9-15(10-8-14)28(26,27)22-17-6-2-1-5-16(17)19(25)21-13-18(24)23-11-3-4-12-23/h1-2,5-10,22H,3-4,11-13H2,(H,21,25). The largest absolute Gasteiger partial charge is 0.343 e. The highest BCUT2D eigenvalue weighted by Crippen LogP contribution is 2.20. The Morgan fingerprint density at radius 1 is 1.00 bits per heavy atom. The van der Waals surface area contributed by atoms with Crippen molar-refractivity contribution in [1.29, 1.82) is 0 Å². The van der Waals surface area contributed by atoms with Gasteiger partial charge in [-0.3, -0.25) is 14.3 Å². The highest BCUT2D eigenvalue weighted by atomic mass is 32.2. The first-order chi connectivity index (χ1) is 13.4. The summed E-state index contributed by atoms with van der Waals surface area (Å²) in [5, 5.41) is 2.53. The van der Waals surface area contributed by atoms with Crippen LogP contribution in [0.4, 0.5) is 10.1 Å². The van der Waals surface area contributed by atoms with Gasteiger partial charge < -0.3 is 10.2 Å². The lowest BCUT2D eigenvalue weighted by molar-refractivity contribution is -0.129. The zero-order chi connectivity index (χ0) is 20.1. The number of nitrogens with zero attached hydrogens (tertiary/aromatic N) is 1. The third-order valence-electron chi connectivity index (χ3n) is 4.40. The number of para-hydroxylation sites is 1. The minimum Gasteiger partial charge on any atom is -0.343 e. The van der Waals surface area contributed by atoms with Crippen LogP contribution in [0.5, 0.6) is 0 Å². The van der Waals surface area contributed by atoms with Crippen molar-refractivity contribution < 1.29 is 22.4 Å². The van der Waals surface area contributed by atoms with Gasteiger partial charge in [0.2, 0.25) is 5.91 Å². The number of hydrogen-bond acceptors (Lipinski definition) is 4. The maximum Gasteiger partial charge on any atom is 0.261 e. The summed E-state index contributed by atoms with van der Waals surface area (Å²) in [7, 11) is -4.00. The summed E-state index contributed by atoms with van der Waals surface area (Å²) in [6, 6.07) is 10.4.